The number of nitrogens with zero attached hydrogens (tertiary/aromatic N) is 2. The highest BCUT2D eigenvalue weighted by Gasteiger charge is 2.19. The molecule has 1 heterocycles. The SMILES string of the molecule is Cc1cc(C)c(S(=O)(=O)NCCCn2ncccc2=O)c(C)c1. The van der Waals surface area contributed by atoms with Gasteiger partial charge in [0.2, 0.25) is 10.0 Å². The predicted molar refractivity (Wildman–Crippen MR) is 89.0 cm³/mol. The molecule has 1 N–H and O–H groups in total. The maximum absolute atomic E-state index is 12.5. The van der Waals surface area contributed by atoms with E-state index in [-0.39, 0.29) is 12.1 Å². The van der Waals surface area contributed by atoms with Crippen molar-refractivity contribution >= 4 is 10.0 Å². The molecule has 2 rings (SSSR count). The number of rotatable bonds is 6. The molecule has 6 nitrogen and oxygen atoms in total. The van der Waals surface area contributed by atoms with Crippen LogP contribution in [0.4, 0.5) is 0 Å². The number of sulfonamides is 1. The number of benzene rings is 1. The molecule has 0 fully saturated rings. The van der Waals surface area contributed by atoms with Crippen LogP contribution in [0.2, 0.25) is 0 Å². The second-order valence-electron chi connectivity index (χ2n) is 5.56. The van der Waals surface area contributed by atoms with E-state index in [2.05, 4.69) is 9.82 Å². The largest absolute Gasteiger partial charge is 0.268 e. The number of hydrogen-bond acceptors (Lipinski definition) is 4. The Morgan fingerprint density at radius 1 is 1.17 bits per heavy atom. The standard InChI is InChI=1S/C16H21N3O3S/c1-12-10-13(2)16(14(3)11-12)23(21,22)18-8-5-9-19-15(20)6-4-7-17-19/h4,6-7,10-11,18H,5,8-9H2,1-3H3. The minimum Gasteiger partial charge on any atom is -0.268 e. The summed E-state index contributed by atoms with van der Waals surface area (Å²) in [6.45, 7) is 6.14. The average Bonchev–Trinajstić information content (AvgIpc) is 2.43. The molecular formula is C16H21N3O3S. The van der Waals surface area contributed by atoms with Crippen LogP contribution in [-0.4, -0.2) is 24.7 Å². The lowest BCUT2D eigenvalue weighted by Crippen LogP contribution is -2.28. The molecule has 0 amide bonds. The van der Waals surface area contributed by atoms with Gasteiger partial charge in [-0.2, -0.15) is 5.10 Å². The van der Waals surface area contributed by atoms with E-state index in [0.717, 1.165) is 16.7 Å². The first-order valence-corrected chi connectivity index (χ1v) is 8.89. The summed E-state index contributed by atoms with van der Waals surface area (Å²) in [6.07, 6.45) is 2.02. The lowest BCUT2D eigenvalue weighted by atomic mass is 10.1. The summed E-state index contributed by atoms with van der Waals surface area (Å²) in [7, 11) is -3.56. The van der Waals surface area contributed by atoms with Gasteiger partial charge in [-0.3, -0.25) is 4.79 Å². The highest BCUT2D eigenvalue weighted by molar-refractivity contribution is 7.89. The van der Waals surface area contributed by atoms with Crippen molar-refractivity contribution in [3.8, 4) is 0 Å². The third-order valence-electron chi connectivity index (χ3n) is 3.50. The van der Waals surface area contributed by atoms with Gasteiger partial charge in [0.25, 0.3) is 5.56 Å². The molecule has 0 aliphatic heterocycles. The van der Waals surface area contributed by atoms with Crippen molar-refractivity contribution in [1.29, 1.82) is 0 Å². The van der Waals surface area contributed by atoms with Gasteiger partial charge in [-0.05, 0) is 44.4 Å². The Kier molecular flexibility index (Phi) is 5.33. The van der Waals surface area contributed by atoms with Crippen molar-refractivity contribution in [3.63, 3.8) is 0 Å². The highest BCUT2D eigenvalue weighted by Crippen LogP contribution is 2.21. The molecule has 0 bridgehead atoms. The van der Waals surface area contributed by atoms with Gasteiger partial charge in [-0.25, -0.2) is 17.8 Å². The van der Waals surface area contributed by atoms with Crippen LogP contribution in [0.5, 0.6) is 0 Å². The van der Waals surface area contributed by atoms with Gasteiger partial charge in [-0.1, -0.05) is 17.7 Å². The van der Waals surface area contributed by atoms with Gasteiger partial charge >= 0.3 is 0 Å². The summed E-state index contributed by atoms with van der Waals surface area (Å²) in [5, 5.41) is 3.94. The van der Waals surface area contributed by atoms with Gasteiger partial charge in [0.15, 0.2) is 0 Å². The first-order chi connectivity index (χ1) is 10.8. The zero-order valence-electron chi connectivity index (χ0n) is 13.5. The second kappa shape index (κ2) is 7.06. The van der Waals surface area contributed by atoms with Crippen LogP contribution in [0, 0.1) is 20.8 Å². The van der Waals surface area contributed by atoms with Gasteiger partial charge in [0, 0.05) is 25.4 Å². The minimum atomic E-state index is -3.56. The van der Waals surface area contributed by atoms with Crippen LogP contribution in [0.15, 0.2) is 40.2 Å². The van der Waals surface area contributed by atoms with Gasteiger partial charge < -0.3 is 0 Å². The van der Waals surface area contributed by atoms with E-state index in [9.17, 15) is 13.2 Å². The van der Waals surface area contributed by atoms with Crippen molar-refractivity contribution in [2.75, 3.05) is 6.54 Å². The second-order valence-corrected chi connectivity index (χ2v) is 7.27. The van der Waals surface area contributed by atoms with Crippen molar-refractivity contribution in [1.82, 2.24) is 14.5 Å². The van der Waals surface area contributed by atoms with Crippen molar-refractivity contribution in [2.24, 2.45) is 0 Å². The first kappa shape index (κ1) is 17.4. The zero-order chi connectivity index (χ0) is 17.0. The van der Waals surface area contributed by atoms with Crippen molar-refractivity contribution in [3.05, 3.63) is 57.5 Å². The van der Waals surface area contributed by atoms with E-state index in [1.54, 1.807) is 19.9 Å². The third-order valence-corrected chi connectivity index (χ3v) is 5.26. The topological polar surface area (TPSA) is 81.1 Å². The van der Waals surface area contributed by atoms with E-state index < -0.39 is 10.0 Å². The molecule has 7 heteroatoms. The molecule has 1 aromatic carbocycles. The van der Waals surface area contributed by atoms with Crippen LogP contribution >= 0.6 is 0 Å². The fourth-order valence-corrected chi connectivity index (χ4v) is 4.18. The molecule has 0 spiro atoms. The average molecular weight is 335 g/mol. The minimum absolute atomic E-state index is 0.194. The van der Waals surface area contributed by atoms with Gasteiger partial charge in [0.1, 0.15) is 0 Å². The normalized spacial score (nSPS) is 11.6. The monoisotopic (exact) mass is 335 g/mol. The smallest absolute Gasteiger partial charge is 0.266 e. The Morgan fingerprint density at radius 2 is 1.83 bits per heavy atom. The van der Waals surface area contributed by atoms with E-state index in [1.165, 1.54) is 16.9 Å². The predicted octanol–water partition coefficient (Wildman–Crippen LogP) is 1.54. The van der Waals surface area contributed by atoms with Crippen molar-refractivity contribution in [2.45, 2.75) is 38.6 Å². The molecule has 124 valence electrons. The molecule has 0 atom stereocenters. The number of aromatic nitrogens is 2. The Morgan fingerprint density at radius 3 is 2.43 bits per heavy atom. The maximum atomic E-state index is 12.5. The molecule has 0 unspecified atom stereocenters. The Bertz CT molecular complexity index is 834. The summed E-state index contributed by atoms with van der Waals surface area (Å²) in [4.78, 5) is 11.8. The fraction of sp³-hybridized carbons (Fsp3) is 0.375. The Labute approximate surface area is 136 Å². The molecule has 23 heavy (non-hydrogen) atoms. The van der Waals surface area contributed by atoms with E-state index >= 15 is 0 Å². The zero-order valence-corrected chi connectivity index (χ0v) is 14.4. The molecular weight excluding hydrogens is 314 g/mol. The lowest BCUT2D eigenvalue weighted by molar-refractivity contribution is 0.534. The van der Waals surface area contributed by atoms with Crippen molar-refractivity contribution < 1.29 is 8.42 Å². The van der Waals surface area contributed by atoms with E-state index in [1.807, 2.05) is 19.1 Å². The summed E-state index contributed by atoms with van der Waals surface area (Å²) in [5.41, 5.74) is 2.31. The molecule has 0 saturated carbocycles. The molecule has 2 aromatic rings. The first-order valence-electron chi connectivity index (χ1n) is 7.41. The lowest BCUT2D eigenvalue weighted by Gasteiger charge is -2.13. The van der Waals surface area contributed by atoms with Crippen LogP contribution in [0.1, 0.15) is 23.1 Å². The Balaban J connectivity index is 2.03. The molecule has 0 aliphatic carbocycles. The van der Waals surface area contributed by atoms with E-state index in [0.29, 0.717) is 17.9 Å². The molecule has 0 aliphatic rings. The number of aryl methyl sites for hydroxylation is 4. The summed E-state index contributed by atoms with van der Waals surface area (Å²) < 4.78 is 28.8. The van der Waals surface area contributed by atoms with E-state index in [4.69, 9.17) is 0 Å². The van der Waals surface area contributed by atoms with Crippen LogP contribution < -0.4 is 10.3 Å². The molecule has 1 aromatic heterocycles. The number of hydrogen-bond donors (Lipinski definition) is 1. The van der Waals surface area contributed by atoms with Crippen LogP contribution in [0.25, 0.3) is 0 Å². The summed E-state index contributed by atoms with van der Waals surface area (Å²) in [6, 6.07) is 6.71. The Hall–Kier alpha value is -1.99. The summed E-state index contributed by atoms with van der Waals surface area (Å²) >= 11 is 0. The van der Waals surface area contributed by atoms with Gasteiger partial charge in [0.05, 0.1) is 4.90 Å². The van der Waals surface area contributed by atoms with Crippen LogP contribution in [-0.2, 0) is 16.6 Å². The van der Waals surface area contributed by atoms with Gasteiger partial charge in [-0.15, -0.1) is 0 Å². The molecule has 0 saturated heterocycles. The quantitative estimate of drug-likeness (QED) is 0.812. The highest BCUT2D eigenvalue weighted by atomic mass is 32.2. The molecule has 0 radical (unpaired) electrons. The fourth-order valence-electron chi connectivity index (χ4n) is 2.65. The van der Waals surface area contributed by atoms with Crippen LogP contribution in [0.3, 0.4) is 0 Å². The number of nitrogens with one attached hydrogen (secondary N) is 1. The maximum Gasteiger partial charge on any atom is 0.266 e. The summed E-state index contributed by atoms with van der Waals surface area (Å²) in [5.74, 6) is 0. The third kappa shape index (κ3) is 4.27.